The van der Waals surface area contributed by atoms with Gasteiger partial charge in [0.25, 0.3) is 0 Å². The fourth-order valence-corrected chi connectivity index (χ4v) is 0.832. The van der Waals surface area contributed by atoms with Gasteiger partial charge in [0, 0.05) is 6.54 Å². The Hall–Kier alpha value is -0.300. The maximum atomic E-state index is 5.30. The SMILES string of the molecule is CCC(C=CCN)CC. The molecule has 0 saturated carbocycles. The first-order valence-electron chi connectivity index (χ1n) is 3.71. The van der Waals surface area contributed by atoms with E-state index in [1.165, 1.54) is 12.8 Å². The lowest BCUT2D eigenvalue weighted by atomic mass is 10.0. The molecular formula is C8H17N. The Morgan fingerprint density at radius 2 is 1.89 bits per heavy atom. The molecule has 0 aliphatic carbocycles. The number of nitrogens with two attached hydrogens (primary N) is 1. The van der Waals surface area contributed by atoms with Crippen LogP contribution in [-0.4, -0.2) is 6.54 Å². The van der Waals surface area contributed by atoms with Crippen LogP contribution in [0.1, 0.15) is 26.7 Å². The molecule has 0 bridgehead atoms. The minimum Gasteiger partial charge on any atom is -0.327 e. The van der Waals surface area contributed by atoms with Gasteiger partial charge in [0.15, 0.2) is 0 Å². The van der Waals surface area contributed by atoms with E-state index in [0.29, 0.717) is 6.54 Å². The molecule has 0 heterocycles. The van der Waals surface area contributed by atoms with E-state index in [9.17, 15) is 0 Å². The van der Waals surface area contributed by atoms with Crippen molar-refractivity contribution in [3.05, 3.63) is 12.2 Å². The van der Waals surface area contributed by atoms with E-state index in [0.717, 1.165) is 5.92 Å². The Balaban J connectivity index is 3.41. The molecule has 0 aromatic heterocycles. The lowest BCUT2D eigenvalue weighted by molar-refractivity contribution is 0.605. The lowest BCUT2D eigenvalue weighted by Crippen LogP contribution is -1.96. The van der Waals surface area contributed by atoms with Crippen LogP contribution in [-0.2, 0) is 0 Å². The van der Waals surface area contributed by atoms with Gasteiger partial charge in [-0.1, -0.05) is 26.0 Å². The van der Waals surface area contributed by atoms with E-state index in [1.807, 2.05) is 6.08 Å². The summed E-state index contributed by atoms with van der Waals surface area (Å²) in [6.45, 7) is 5.08. The van der Waals surface area contributed by atoms with Gasteiger partial charge < -0.3 is 5.73 Å². The number of hydrogen-bond donors (Lipinski definition) is 1. The van der Waals surface area contributed by atoms with Crippen LogP contribution in [0.2, 0.25) is 0 Å². The molecular weight excluding hydrogens is 110 g/mol. The normalized spacial score (nSPS) is 11.6. The van der Waals surface area contributed by atoms with Crippen molar-refractivity contribution in [2.45, 2.75) is 26.7 Å². The molecule has 2 N–H and O–H groups in total. The molecule has 0 atom stereocenters. The van der Waals surface area contributed by atoms with Gasteiger partial charge in [-0.05, 0) is 18.8 Å². The van der Waals surface area contributed by atoms with Crippen LogP contribution in [0.25, 0.3) is 0 Å². The maximum Gasteiger partial charge on any atom is 0.0106 e. The summed E-state index contributed by atoms with van der Waals surface area (Å²) in [4.78, 5) is 0. The summed E-state index contributed by atoms with van der Waals surface area (Å²) < 4.78 is 0. The molecule has 0 aromatic rings. The zero-order chi connectivity index (χ0) is 7.11. The van der Waals surface area contributed by atoms with Crippen molar-refractivity contribution in [2.75, 3.05) is 6.54 Å². The second-order valence-corrected chi connectivity index (χ2v) is 2.24. The van der Waals surface area contributed by atoms with Crippen LogP contribution in [0, 0.1) is 5.92 Å². The number of rotatable bonds is 4. The summed E-state index contributed by atoms with van der Waals surface area (Å²) in [6, 6.07) is 0. The first kappa shape index (κ1) is 8.70. The Morgan fingerprint density at radius 3 is 2.22 bits per heavy atom. The molecule has 0 aliphatic rings. The summed E-state index contributed by atoms with van der Waals surface area (Å²) in [5.41, 5.74) is 5.30. The van der Waals surface area contributed by atoms with Gasteiger partial charge in [-0.25, -0.2) is 0 Å². The Morgan fingerprint density at radius 1 is 1.33 bits per heavy atom. The van der Waals surface area contributed by atoms with Crippen LogP contribution < -0.4 is 5.73 Å². The number of hydrogen-bond acceptors (Lipinski definition) is 1. The zero-order valence-electron chi connectivity index (χ0n) is 6.43. The topological polar surface area (TPSA) is 26.0 Å². The van der Waals surface area contributed by atoms with E-state index < -0.39 is 0 Å². The average molecular weight is 127 g/mol. The van der Waals surface area contributed by atoms with E-state index in [2.05, 4.69) is 19.9 Å². The van der Waals surface area contributed by atoms with Crippen molar-refractivity contribution in [1.82, 2.24) is 0 Å². The van der Waals surface area contributed by atoms with E-state index >= 15 is 0 Å². The summed E-state index contributed by atoms with van der Waals surface area (Å²) in [6.07, 6.45) is 6.71. The number of allylic oxidation sites excluding steroid dienone is 1. The standard InChI is InChI=1S/C8H17N/c1-3-8(4-2)6-5-7-9/h5-6,8H,3-4,7,9H2,1-2H3. The van der Waals surface area contributed by atoms with Gasteiger partial charge in [-0.2, -0.15) is 0 Å². The second-order valence-electron chi connectivity index (χ2n) is 2.24. The summed E-state index contributed by atoms with van der Waals surface area (Å²) in [7, 11) is 0. The largest absolute Gasteiger partial charge is 0.327 e. The second kappa shape index (κ2) is 5.83. The molecule has 1 heteroatoms. The van der Waals surface area contributed by atoms with E-state index in [-0.39, 0.29) is 0 Å². The van der Waals surface area contributed by atoms with E-state index in [1.54, 1.807) is 0 Å². The molecule has 0 aromatic carbocycles. The first-order valence-corrected chi connectivity index (χ1v) is 3.71. The molecule has 0 fully saturated rings. The highest BCUT2D eigenvalue weighted by molar-refractivity contribution is 4.87. The minimum absolute atomic E-state index is 0.677. The molecule has 0 aliphatic heterocycles. The van der Waals surface area contributed by atoms with Crippen molar-refractivity contribution in [3.8, 4) is 0 Å². The molecule has 0 radical (unpaired) electrons. The van der Waals surface area contributed by atoms with E-state index in [4.69, 9.17) is 5.73 Å². The average Bonchev–Trinajstić information content (AvgIpc) is 1.91. The van der Waals surface area contributed by atoms with Gasteiger partial charge in [0.1, 0.15) is 0 Å². The fourth-order valence-electron chi connectivity index (χ4n) is 0.832. The third kappa shape index (κ3) is 4.22. The molecule has 0 rings (SSSR count). The molecule has 0 spiro atoms. The smallest absolute Gasteiger partial charge is 0.0106 e. The molecule has 0 saturated heterocycles. The third-order valence-corrected chi connectivity index (χ3v) is 1.59. The van der Waals surface area contributed by atoms with Crippen LogP contribution >= 0.6 is 0 Å². The first-order chi connectivity index (χ1) is 4.35. The van der Waals surface area contributed by atoms with Gasteiger partial charge in [-0.3, -0.25) is 0 Å². The van der Waals surface area contributed by atoms with Gasteiger partial charge in [0.05, 0.1) is 0 Å². The third-order valence-electron chi connectivity index (χ3n) is 1.59. The molecule has 9 heavy (non-hydrogen) atoms. The molecule has 0 unspecified atom stereocenters. The molecule has 54 valence electrons. The van der Waals surface area contributed by atoms with Crippen molar-refractivity contribution in [3.63, 3.8) is 0 Å². The predicted molar refractivity (Wildman–Crippen MR) is 42.3 cm³/mol. The van der Waals surface area contributed by atoms with Gasteiger partial charge >= 0.3 is 0 Å². The fraction of sp³-hybridized carbons (Fsp3) is 0.750. The van der Waals surface area contributed by atoms with Crippen LogP contribution in [0.3, 0.4) is 0 Å². The van der Waals surface area contributed by atoms with Crippen molar-refractivity contribution in [1.29, 1.82) is 0 Å². The molecule has 1 nitrogen and oxygen atoms in total. The zero-order valence-corrected chi connectivity index (χ0v) is 6.43. The summed E-state index contributed by atoms with van der Waals surface area (Å²) in [5, 5.41) is 0. The van der Waals surface area contributed by atoms with Crippen LogP contribution in [0.4, 0.5) is 0 Å². The Kier molecular flexibility index (Phi) is 5.64. The van der Waals surface area contributed by atoms with Crippen molar-refractivity contribution < 1.29 is 0 Å². The van der Waals surface area contributed by atoms with Gasteiger partial charge in [-0.15, -0.1) is 0 Å². The highest BCUT2D eigenvalue weighted by Gasteiger charge is 1.94. The van der Waals surface area contributed by atoms with Crippen molar-refractivity contribution >= 4 is 0 Å². The highest BCUT2D eigenvalue weighted by Crippen LogP contribution is 2.07. The van der Waals surface area contributed by atoms with Crippen LogP contribution in [0.5, 0.6) is 0 Å². The molecule has 0 amide bonds. The minimum atomic E-state index is 0.677. The Labute approximate surface area is 57.9 Å². The predicted octanol–water partition coefficient (Wildman–Crippen LogP) is 1.94. The van der Waals surface area contributed by atoms with Crippen molar-refractivity contribution in [2.24, 2.45) is 11.7 Å². The maximum absolute atomic E-state index is 5.30. The lowest BCUT2D eigenvalue weighted by Gasteiger charge is -2.03. The monoisotopic (exact) mass is 127 g/mol. The van der Waals surface area contributed by atoms with Crippen LogP contribution in [0.15, 0.2) is 12.2 Å². The summed E-state index contributed by atoms with van der Waals surface area (Å²) in [5.74, 6) is 0.744. The quantitative estimate of drug-likeness (QED) is 0.574. The van der Waals surface area contributed by atoms with Gasteiger partial charge in [0.2, 0.25) is 0 Å². The summed E-state index contributed by atoms with van der Waals surface area (Å²) >= 11 is 0. The highest BCUT2D eigenvalue weighted by atomic mass is 14.5. The Bertz CT molecular complexity index is 72.6.